The summed E-state index contributed by atoms with van der Waals surface area (Å²) in [4.78, 5) is 28.7. The molecule has 0 saturated carbocycles. The highest BCUT2D eigenvalue weighted by Gasteiger charge is 2.35. The van der Waals surface area contributed by atoms with Gasteiger partial charge in [-0.15, -0.1) is 0 Å². The average molecular weight is 431 g/mol. The van der Waals surface area contributed by atoms with E-state index in [9.17, 15) is 9.59 Å². The maximum atomic E-state index is 12.8. The molecule has 6 nitrogen and oxygen atoms in total. The van der Waals surface area contributed by atoms with Crippen LogP contribution in [0.1, 0.15) is 18.4 Å². The molecule has 1 fully saturated rings. The van der Waals surface area contributed by atoms with Crippen LogP contribution in [0.3, 0.4) is 0 Å². The van der Waals surface area contributed by atoms with Crippen LogP contribution in [0.15, 0.2) is 42.5 Å². The van der Waals surface area contributed by atoms with Gasteiger partial charge in [-0.25, -0.2) is 0 Å². The van der Waals surface area contributed by atoms with Crippen LogP contribution >= 0.6 is 23.2 Å². The molecule has 1 N–H and O–H groups in total. The van der Waals surface area contributed by atoms with Gasteiger partial charge in [-0.1, -0.05) is 35.3 Å². The monoisotopic (exact) mass is 430 g/mol. The van der Waals surface area contributed by atoms with Crippen molar-refractivity contribution in [2.75, 3.05) is 30.4 Å². The van der Waals surface area contributed by atoms with Crippen LogP contribution in [0.4, 0.5) is 11.4 Å². The van der Waals surface area contributed by atoms with E-state index in [0.717, 1.165) is 0 Å². The number of likely N-dealkylation sites (N-methyl/N-ethyl adjacent to an activating group) is 1. The number of nitrogens with one attached hydrogen (secondary N) is 1. The van der Waals surface area contributed by atoms with Crippen LogP contribution in [0, 0.1) is 11.3 Å². The molecule has 2 aromatic rings. The number of nitrogens with zero attached hydrogens (tertiary/aromatic N) is 3. The van der Waals surface area contributed by atoms with E-state index in [-0.39, 0.29) is 24.3 Å². The molecule has 2 amide bonds. The van der Waals surface area contributed by atoms with Gasteiger partial charge < -0.3 is 10.2 Å². The molecule has 0 aromatic heterocycles. The van der Waals surface area contributed by atoms with Gasteiger partial charge in [0.1, 0.15) is 6.07 Å². The lowest BCUT2D eigenvalue weighted by atomic mass is 10.2. The van der Waals surface area contributed by atoms with Gasteiger partial charge in [-0.3, -0.25) is 14.5 Å². The van der Waals surface area contributed by atoms with Gasteiger partial charge in [0, 0.05) is 25.2 Å². The van der Waals surface area contributed by atoms with Crippen molar-refractivity contribution >= 4 is 46.4 Å². The van der Waals surface area contributed by atoms with E-state index >= 15 is 0 Å². The Morgan fingerprint density at radius 3 is 2.72 bits per heavy atom. The number of hydrogen-bond donors (Lipinski definition) is 1. The first-order chi connectivity index (χ1) is 13.9. The standard InChI is InChI=1S/C21H20Cl2N4O2/c1-26(10-9-20(28)25-15-7-6-14(13-24)17(23)12-15)19-8-11-27(21(19)29)18-5-3-2-4-16(18)22/h2-7,12,19H,8-11H2,1H3,(H,25,28). The number of para-hydroxylation sites is 1. The molecule has 2 aromatic carbocycles. The number of anilines is 2. The molecule has 1 aliphatic rings. The third kappa shape index (κ3) is 4.88. The first kappa shape index (κ1) is 21.1. The van der Waals surface area contributed by atoms with Crippen molar-refractivity contribution < 1.29 is 9.59 Å². The van der Waals surface area contributed by atoms with E-state index in [1.807, 2.05) is 36.2 Å². The van der Waals surface area contributed by atoms with Crippen LogP contribution < -0.4 is 10.2 Å². The van der Waals surface area contributed by atoms with E-state index in [4.69, 9.17) is 28.5 Å². The molecule has 1 atom stereocenters. The smallest absolute Gasteiger partial charge is 0.244 e. The van der Waals surface area contributed by atoms with E-state index in [0.29, 0.717) is 46.5 Å². The molecule has 150 valence electrons. The molecular formula is C21H20Cl2N4O2. The van der Waals surface area contributed by atoms with Gasteiger partial charge in [-0.05, 0) is 43.8 Å². The van der Waals surface area contributed by atoms with Crippen LogP contribution in [0.5, 0.6) is 0 Å². The first-order valence-electron chi connectivity index (χ1n) is 9.16. The Labute approximate surface area is 179 Å². The van der Waals surface area contributed by atoms with Crippen molar-refractivity contribution in [3.8, 4) is 6.07 Å². The molecular weight excluding hydrogens is 411 g/mol. The zero-order valence-corrected chi connectivity index (χ0v) is 17.4. The summed E-state index contributed by atoms with van der Waals surface area (Å²) in [7, 11) is 1.84. The number of carbonyl (C=O) groups excluding carboxylic acids is 2. The fraction of sp³-hybridized carbons (Fsp3) is 0.286. The second kappa shape index (κ2) is 9.27. The van der Waals surface area contributed by atoms with Gasteiger partial charge >= 0.3 is 0 Å². The van der Waals surface area contributed by atoms with Crippen LogP contribution in [-0.4, -0.2) is 42.9 Å². The van der Waals surface area contributed by atoms with Crippen molar-refractivity contribution in [2.24, 2.45) is 0 Å². The minimum absolute atomic E-state index is 0.0140. The Balaban J connectivity index is 1.54. The zero-order valence-electron chi connectivity index (χ0n) is 15.9. The Morgan fingerprint density at radius 1 is 1.28 bits per heavy atom. The molecule has 29 heavy (non-hydrogen) atoms. The fourth-order valence-electron chi connectivity index (χ4n) is 3.32. The predicted molar refractivity (Wildman–Crippen MR) is 114 cm³/mol. The van der Waals surface area contributed by atoms with Crippen LogP contribution in [-0.2, 0) is 9.59 Å². The Kier molecular flexibility index (Phi) is 6.75. The number of hydrogen-bond acceptors (Lipinski definition) is 4. The normalized spacial score (nSPS) is 16.2. The number of rotatable bonds is 6. The average Bonchev–Trinajstić information content (AvgIpc) is 3.08. The molecule has 3 rings (SSSR count). The lowest BCUT2D eigenvalue weighted by Crippen LogP contribution is -2.41. The zero-order chi connectivity index (χ0) is 21.0. The number of amides is 2. The molecule has 1 aliphatic heterocycles. The second-order valence-corrected chi connectivity index (χ2v) is 7.65. The number of carbonyl (C=O) groups is 2. The maximum Gasteiger partial charge on any atom is 0.244 e. The van der Waals surface area contributed by atoms with Crippen molar-refractivity contribution in [2.45, 2.75) is 18.9 Å². The van der Waals surface area contributed by atoms with Gasteiger partial charge in [-0.2, -0.15) is 5.26 Å². The highest BCUT2D eigenvalue weighted by Crippen LogP contribution is 2.30. The highest BCUT2D eigenvalue weighted by molar-refractivity contribution is 6.34. The van der Waals surface area contributed by atoms with Crippen molar-refractivity contribution in [1.29, 1.82) is 5.26 Å². The molecule has 0 bridgehead atoms. The van der Waals surface area contributed by atoms with Crippen LogP contribution in [0.25, 0.3) is 0 Å². The summed E-state index contributed by atoms with van der Waals surface area (Å²) >= 11 is 12.2. The third-order valence-electron chi connectivity index (χ3n) is 4.92. The summed E-state index contributed by atoms with van der Waals surface area (Å²) in [5.74, 6) is -0.203. The van der Waals surface area contributed by atoms with Crippen LogP contribution in [0.2, 0.25) is 10.0 Å². The van der Waals surface area contributed by atoms with Gasteiger partial charge in [0.2, 0.25) is 11.8 Å². The summed E-state index contributed by atoms with van der Waals surface area (Å²) < 4.78 is 0. The number of halogens is 2. The lowest BCUT2D eigenvalue weighted by molar-refractivity contribution is -0.122. The number of nitriles is 1. The third-order valence-corrected chi connectivity index (χ3v) is 5.55. The molecule has 1 heterocycles. The molecule has 0 spiro atoms. The van der Waals surface area contributed by atoms with Gasteiger partial charge in [0.15, 0.2) is 0 Å². The Hall–Kier alpha value is -2.59. The second-order valence-electron chi connectivity index (χ2n) is 6.83. The molecule has 1 unspecified atom stereocenters. The summed E-state index contributed by atoms with van der Waals surface area (Å²) in [5.41, 5.74) is 1.60. The predicted octanol–water partition coefficient (Wildman–Crippen LogP) is 3.93. The molecule has 0 radical (unpaired) electrons. The molecule has 8 heteroatoms. The van der Waals surface area contributed by atoms with Gasteiger partial charge in [0.05, 0.1) is 27.3 Å². The Bertz CT molecular complexity index is 973. The molecule has 0 aliphatic carbocycles. The minimum Gasteiger partial charge on any atom is -0.326 e. The largest absolute Gasteiger partial charge is 0.326 e. The number of benzene rings is 2. The summed E-state index contributed by atoms with van der Waals surface area (Å²) in [6.45, 7) is 1.02. The van der Waals surface area contributed by atoms with Gasteiger partial charge in [0.25, 0.3) is 0 Å². The summed E-state index contributed by atoms with van der Waals surface area (Å²) in [5, 5.41) is 12.5. The topological polar surface area (TPSA) is 76.4 Å². The maximum absolute atomic E-state index is 12.8. The lowest BCUT2D eigenvalue weighted by Gasteiger charge is -2.24. The minimum atomic E-state index is -0.288. The Morgan fingerprint density at radius 2 is 2.03 bits per heavy atom. The first-order valence-corrected chi connectivity index (χ1v) is 9.92. The summed E-state index contributed by atoms with van der Waals surface area (Å²) in [6.07, 6.45) is 0.900. The van der Waals surface area contributed by atoms with Crippen molar-refractivity contribution in [3.05, 3.63) is 58.1 Å². The fourth-order valence-corrected chi connectivity index (χ4v) is 3.78. The quantitative estimate of drug-likeness (QED) is 0.752. The van der Waals surface area contributed by atoms with E-state index in [2.05, 4.69) is 5.32 Å². The van der Waals surface area contributed by atoms with E-state index < -0.39 is 0 Å². The van der Waals surface area contributed by atoms with Crippen molar-refractivity contribution in [3.63, 3.8) is 0 Å². The SMILES string of the molecule is CN(CCC(=O)Nc1ccc(C#N)c(Cl)c1)C1CCN(c2ccccc2Cl)C1=O. The van der Waals surface area contributed by atoms with E-state index in [1.165, 1.54) is 0 Å². The molecule has 1 saturated heterocycles. The summed E-state index contributed by atoms with van der Waals surface area (Å²) in [6, 6.07) is 13.7. The van der Waals surface area contributed by atoms with Crippen molar-refractivity contribution in [1.82, 2.24) is 4.90 Å². The highest BCUT2D eigenvalue weighted by atomic mass is 35.5. The van der Waals surface area contributed by atoms with E-state index in [1.54, 1.807) is 29.2 Å².